The highest BCUT2D eigenvalue weighted by atomic mass is 32.2. The summed E-state index contributed by atoms with van der Waals surface area (Å²) in [4.78, 5) is 10.1. The molecule has 0 saturated heterocycles. The predicted molar refractivity (Wildman–Crippen MR) is 71.3 cm³/mol. The van der Waals surface area contributed by atoms with E-state index in [1.165, 1.54) is 25.1 Å². The first-order chi connectivity index (χ1) is 8.59. The summed E-state index contributed by atoms with van der Waals surface area (Å²) in [6.45, 7) is 4.94. The number of nitrogens with one attached hydrogen (secondary N) is 1. The normalized spacial score (nSPS) is 12.4. The van der Waals surface area contributed by atoms with Gasteiger partial charge in [0.2, 0.25) is 10.0 Å². The van der Waals surface area contributed by atoms with E-state index in [0.29, 0.717) is 5.56 Å². The van der Waals surface area contributed by atoms with Crippen molar-refractivity contribution in [1.29, 1.82) is 0 Å². The van der Waals surface area contributed by atoms with E-state index >= 15 is 0 Å². The van der Waals surface area contributed by atoms with Crippen LogP contribution in [0.1, 0.15) is 19.4 Å². The lowest BCUT2D eigenvalue weighted by Crippen LogP contribution is -2.48. The Hall–Kier alpha value is -1.51. The molecule has 0 unspecified atom stereocenters. The molecule has 0 aliphatic heterocycles. The maximum Gasteiger partial charge on any atom is 0.272 e. The maximum atomic E-state index is 12.1. The Bertz CT molecular complexity index is 596. The van der Waals surface area contributed by atoms with Gasteiger partial charge in [0.15, 0.2) is 0 Å². The number of nitrogens with two attached hydrogens (primary N) is 1. The number of rotatable bonds is 5. The van der Waals surface area contributed by atoms with Gasteiger partial charge >= 0.3 is 0 Å². The lowest BCUT2D eigenvalue weighted by Gasteiger charge is -2.23. The molecule has 0 aromatic heterocycles. The topological polar surface area (TPSA) is 115 Å². The zero-order valence-electron chi connectivity index (χ0n) is 11.0. The van der Waals surface area contributed by atoms with Gasteiger partial charge in [0.1, 0.15) is 0 Å². The number of nitro groups is 1. The van der Waals surface area contributed by atoms with E-state index in [4.69, 9.17) is 5.73 Å². The van der Waals surface area contributed by atoms with Gasteiger partial charge in [-0.05, 0) is 32.9 Å². The molecule has 0 bridgehead atoms. The third kappa shape index (κ3) is 3.72. The quantitative estimate of drug-likeness (QED) is 0.617. The summed E-state index contributed by atoms with van der Waals surface area (Å²) in [5, 5.41) is 10.7. The van der Waals surface area contributed by atoms with Crippen molar-refractivity contribution >= 4 is 15.7 Å². The standard InChI is InChI=1S/C11H17N3O4S/c1-8-6-9(4-5-10(8)14(15)16)19(17,18)13-11(2,3)7-12/h4-6,13H,7,12H2,1-3H3. The van der Waals surface area contributed by atoms with Crippen molar-refractivity contribution in [2.75, 3.05) is 6.54 Å². The van der Waals surface area contributed by atoms with Gasteiger partial charge in [0.25, 0.3) is 5.69 Å². The summed E-state index contributed by atoms with van der Waals surface area (Å²) in [5.74, 6) is 0. The predicted octanol–water partition coefficient (Wildman–Crippen LogP) is 0.919. The molecule has 0 spiro atoms. The van der Waals surface area contributed by atoms with Crippen LogP contribution >= 0.6 is 0 Å². The Morgan fingerprint density at radius 3 is 2.42 bits per heavy atom. The fraction of sp³-hybridized carbons (Fsp3) is 0.455. The molecule has 19 heavy (non-hydrogen) atoms. The van der Waals surface area contributed by atoms with Crippen molar-refractivity contribution in [2.45, 2.75) is 31.2 Å². The first-order valence-corrected chi connectivity index (χ1v) is 7.06. The smallest absolute Gasteiger partial charge is 0.272 e. The Morgan fingerprint density at radius 2 is 2.00 bits per heavy atom. The second-order valence-electron chi connectivity index (χ2n) is 4.90. The first kappa shape index (κ1) is 15.5. The monoisotopic (exact) mass is 287 g/mol. The first-order valence-electron chi connectivity index (χ1n) is 5.58. The lowest BCUT2D eigenvalue weighted by molar-refractivity contribution is -0.385. The fourth-order valence-electron chi connectivity index (χ4n) is 1.46. The number of nitro benzene ring substituents is 1. The number of aryl methyl sites for hydroxylation is 1. The number of hydrogen-bond acceptors (Lipinski definition) is 5. The molecule has 106 valence electrons. The molecule has 7 nitrogen and oxygen atoms in total. The van der Waals surface area contributed by atoms with Crippen LogP contribution in [0.3, 0.4) is 0 Å². The van der Waals surface area contributed by atoms with Crippen LogP contribution in [0.4, 0.5) is 5.69 Å². The minimum atomic E-state index is -3.75. The molecular formula is C11H17N3O4S. The van der Waals surface area contributed by atoms with Gasteiger partial charge in [-0.2, -0.15) is 0 Å². The summed E-state index contributed by atoms with van der Waals surface area (Å²) >= 11 is 0. The SMILES string of the molecule is Cc1cc(S(=O)(=O)NC(C)(C)CN)ccc1[N+](=O)[O-]. The molecule has 3 N–H and O–H groups in total. The van der Waals surface area contributed by atoms with Crippen LogP contribution in [0.5, 0.6) is 0 Å². The molecule has 0 radical (unpaired) electrons. The van der Waals surface area contributed by atoms with Gasteiger partial charge in [-0.15, -0.1) is 0 Å². The van der Waals surface area contributed by atoms with Gasteiger partial charge < -0.3 is 5.73 Å². The second kappa shape index (κ2) is 5.24. The van der Waals surface area contributed by atoms with Crippen LogP contribution < -0.4 is 10.5 Å². The Balaban J connectivity index is 3.17. The van der Waals surface area contributed by atoms with E-state index in [2.05, 4.69) is 4.72 Å². The van der Waals surface area contributed by atoms with Gasteiger partial charge in [-0.25, -0.2) is 13.1 Å². The molecule has 0 amide bonds. The minimum absolute atomic E-state index is 0.0166. The average molecular weight is 287 g/mol. The molecule has 0 atom stereocenters. The van der Waals surface area contributed by atoms with Crippen molar-refractivity contribution in [1.82, 2.24) is 4.72 Å². The van der Waals surface area contributed by atoms with Crippen LogP contribution in [0.2, 0.25) is 0 Å². The summed E-state index contributed by atoms with van der Waals surface area (Å²) < 4.78 is 26.7. The molecule has 8 heteroatoms. The van der Waals surface area contributed by atoms with Crippen molar-refractivity contribution in [2.24, 2.45) is 5.73 Å². The molecule has 0 saturated carbocycles. The number of benzene rings is 1. The van der Waals surface area contributed by atoms with Gasteiger partial charge in [0, 0.05) is 23.7 Å². The molecule has 0 aliphatic carbocycles. The summed E-state index contributed by atoms with van der Waals surface area (Å²) in [5.41, 5.74) is 4.86. The lowest BCUT2D eigenvalue weighted by atomic mass is 10.1. The van der Waals surface area contributed by atoms with Gasteiger partial charge in [-0.1, -0.05) is 0 Å². The molecule has 0 aliphatic rings. The van der Waals surface area contributed by atoms with E-state index in [1.807, 2.05) is 0 Å². The molecule has 1 rings (SSSR count). The van der Waals surface area contributed by atoms with E-state index < -0.39 is 20.5 Å². The van der Waals surface area contributed by atoms with Crippen molar-refractivity contribution in [3.8, 4) is 0 Å². The highest BCUT2D eigenvalue weighted by molar-refractivity contribution is 7.89. The Kier molecular flexibility index (Phi) is 4.28. The summed E-state index contributed by atoms with van der Waals surface area (Å²) in [7, 11) is -3.75. The third-order valence-electron chi connectivity index (χ3n) is 2.60. The fourth-order valence-corrected chi connectivity index (χ4v) is 2.97. The van der Waals surface area contributed by atoms with Crippen LogP contribution in [0, 0.1) is 17.0 Å². The van der Waals surface area contributed by atoms with E-state index in [9.17, 15) is 18.5 Å². The largest absolute Gasteiger partial charge is 0.329 e. The molecule has 1 aromatic rings. The molecule has 0 heterocycles. The number of nitrogens with zero attached hydrogens (tertiary/aromatic N) is 1. The average Bonchev–Trinajstić information content (AvgIpc) is 2.27. The minimum Gasteiger partial charge on any atom is -0.329 e. The van der Waals surface area contributed by atoms with Crippen molar-refractivity contribution in [3.63, 3.8) is 0 Å². The van der Waals surface area contributed by atoms with Crippen molar-refractivity contribution < 1.29 is 13.3 Å². The zero-order chi connectivity index (χ0) is 14.8. The van der Waals surface area contributed by atoms with E-state index in [-0.39, 0.29) is 17.1 Å². The molecular weight excluding hydrogens is 270 g/mol. The maximum absolute atomic E-state index is 12.1. The molecule has 0 fully saturated rings. The number of sulfonamides is 1. The van der Waals surface area contributed by atoms with Crippen LogP contribution in [0.15, 0.2) is 23.1 Å². The number of hydrogen-bond donors (Lipinski definition) is 2. The second-order valence-corrected chi connectivity index (χ2v) is 6.58. The van der Waals surface area contributed by atoms with Crippen LogP contribution in [-0.2, 0) is 10.0 Å². The Morgan fingerprint density at radius 1 is 1.42 bits per heavy atom. The zero-order valence-corrected chi connectivity index (χ0v) is 11.8. The van der Waals surface area contributed by atoms with Crippen LogP contribution in [-0.4, -0.2) is 25.4 Å². The highest BCUT2D eigenvalue weighted by Crippen LogP contribution is 2.22. The Labute approximate surface area is 112 Å². The summed E-state index contributed by atoms with van der Waals surface area (Å²) in [6.07, 6.45) is 0. The molecule has 1 aromatic carbocycles. The van der Waals surface area contributed by atoms with Crippen LogP contribution in [0.25, 0.3) is 0 Å². The highest BCUT2D eigenvalue weighted by Gasteiger charge is 2.26. The third-order valence-corrected chi connectivity index (χ3v) is 4.29. The van der Waals surface area contributed by atoms with Gasteiger partial charge in [-0.3, -0.25) is 10.1 Å². The van der Waals surface area contributed by atoms with Gasteiger partial charge in [0.05, 0.1) is 9.82 Å². The van der Waals surface area contributed by atoms with E-state index in [0.717, 1.165) is 0 Å². The van der Waals surface area contributed by atoms with Crippen molar-refractivity contribution in [3.05, 3.63) is 33.9 Å². The summed E-state index contributed by atoms with van der Waals surface area (Å²) in [6, 6.07) is 3.66. The van der Waals surface area contributed by atoms with E-state index in [1.54, 1.807) is 13.8 Å².